The van der Waals surface area contributed by atoms with Crippen molar-refractivity contribution in [2.75, 3.05) is 0 Å². The maximum atomic E-state index is 14.0. The van der Waals surface area contributed by atoms with Gasteiger partial charge in [-0.25, -0.2) is 22.0 Å². The number of benzene rings is 1. The van der Waals surface area contributed by atoms with Crippen molar-refractivity contribution in [3.8, 4) is 0 Å². The third kappa shape index (κ3) is 3.91. The largest absolute Gasteiger partial charge is 0.481 e. The second kappa shape index (κ2) is 5.38. The summed E-state index contributed by atoms with van der Waals surface area (Å²) in [7, 11) is 0. The molecule has 0 aliphatic heterocycles. The van der Waals surface area contributed by atoms with Gasteiger partial charge in [-0.15, -0.1) is 0 Å². The Kier molecular flexibility index (Phi) is 4.41. The van der Waals surface area contributed by atoms with Crippen LogP contribution in [0.1, 0.15) is 32.3 Å². The fourth-order valence-electron chi connectivity index (χ4n) is 1.97. The Balaban J connectivity index is 3.11. The van der Waals surface area contributed by atoms with Crippen LogP contribution in [0.4, 0.5) is 22.0 Å². The SMILES string of the molecule is CC(C)(CC(=O)O)CC(F)(F)c1cc(F)c(F)cc1F. The summed E-state index contributed by atoms with van der Waals surface area (Å²) < 4.78 is 66.9. The zero-order valence-electron chi connectivity index (χ0n) is 10.8. The van der Waals surface area contributed by atoms with E-state index in [0.717, 1.165) is 0 Å². The van der Waals surface area contributed by atoms with Gasteiger partial charge in [0.25, 0.3) is 5.92 Å². The van der Waals surface area contributed by atoms with E-state index in [4.69, 9.17) is 5.11 Å². The number of rotatable bonds is 5. The zero-order chi connectivity index (χ0) is 15.7. The molecule has 0 amide bonds. The van der Waals surface area contributed by atoms with Crippen molar-refractivity contribution in [1.29, 1.82) is 0 Å². The van der Waals surface area contributed by atoms with E-state index < -0.39 is 53.2 Å². The molecule has 112 valence electrons. The molecule has 1 aromatic rings. The predicted molar refractivity (Wildman–Crippen MR) is 60.9 cm³/mol. The van der Waals surface area contributed by atoms with Gasteiger partial charge in [0.1, 0.15) is 5.82 Å². The van der Waals surface area contributed by atoms with Crippen LogP contribution >= 0.6 is 0 Å². The second-order valence-electron chi connectivity index (χ2n) is 5.36. The van der Waals surface area contributed by atoms with Crippen molar-refractivity contribution < 1.29 is 31.9 Å². The Morgan fingerprint density at radius 1 is 1.10 bits per heavy atom. The van der Waals surface area contributed by atoms with E-state index in [0.29, 0.717) is 0 Å². The molecule has 0 radical (unpaired) electrons. The molecule has 0 aliphatic rings. The first-order valence-electron chi connectivity index (χ1n) is 5.69. The van der Waals surface area contributed by atoms with Crippen LogP contribution in [0, 0.1) is 22.9 Å². The van der Waals surface area contributed by atoms with Crippen LogP contribution in [-0.2, 0) is 10.7 Å². The van der Waals surface area contributed by atoms with Crippen LogP contribution in [0.2, 0.25) is 0 Å². The number of halogens is 5. The van der Waals surface area contributed by atoms with Crippen molar-refractivity contribution in [1.82, 2.24) is 0 Å². The molecule has 0 aromatic heterocycles. The van der Waals surface area contributed by atoms with Gasteiger partial charge in [0.2, 0.25) is 0 Å². The summed E-state index contributed by atoms with van der Waals surface area (Å²) in [5, 5.41) is 8.62. The predicted octanol–water partition coefficient (Wildman–Crippen LogP) is 4.09. The lowest BCUT2D eigenvalue weighted by atomic mass is 9.81. The minimum atomic E-state index is -3.81. The highest BCUT2D eigenvalue weighted by Crippen LogP contribution is 2.42. The van der Waals surface area contributed by atoms with Gasteiger partial charge in [-0.2, -0.15) is 0 Å². The monoisotopic (exact) mass is 296 g/mol. The first-order valence-corrected chi connectivity index (χ1v) is 5.69. The van der Waals surface area contributed by atoms with Crippen LogP contribution in [0.15, 0.2) is 12.1 Å². The molecule has 0 saturated carbocycles. The summed E-state index contributed by atoms with van der Waals surface area (Å²) in [6, 6.07) is 0.143. The van der Waals surface area contributed by atoms with E-state index in [1.165, 1.54) is 13.8 Å². The van der Waals surface area contributed by atoms with Crippen LogP contribution in [-0.4, -0.2) is 11.1 Å². The normalized spacial score (nSPS) is 12.6. The zero-order valence-corrected chi connectivity index (χ0v) is 10.8. The molecular formula is C13H13F5O2. The Hall–Kier alpha value is -1.66. The second-order valence-corrected chi connectivity index (χ2v) is 5.36. The molecule has 0 saturated heterocycles. The lowest BCUT2D eigenvalue weighted by molar-refractivity contribution is -0.140. The van der Waals surface area contributed by atoms with Crippen LogP contribution in [0.5, 0.6) is 0 Å². The van der Waals surface area contributed by atoms with Gasteiger partial charge in [-0.1, -0.05) is 13.8 Å². The van der Waals surface area contributed by atoms with Gasteiger partial charge in [-0.05, 0) is 11.5 Å². The Morgan fingerprint density at radius 3 is 2.10 bits per heavy atom. The number of carbonyl (C=O) groups is 1. The van der Waals surface area contributed by atoms with Crippen molar-refractivity contribution in [3.63, 3.8) is 0 Å². The van der Waals surface area contributed by atoms with Crippen molar-refractivity contribution in [3.05, 3.63) is 35.1 Å². The topological polar surface area (TPSA) is 37.3 Å². The Labute approximate surface area is 112 Å². The number of carboxylic acid groups (broad SMARTS) is 1. The van der Waals surface area contributed by atoms with Crippen LogP contribution in [0.25, 0.3) is 0 Å². The van der Waals surface area contributed by atoms with Crippen molar-refractivity contribution in [2.45, 2.75) is 32.6 Å². The molecule has 1 aromatic carbocycles. The fraction of sp³-hybridized carbons (Fsp3) is 0.462. The van der Waals surface area contributed by atoms with Crippen LogP contribution < -0.4 is 0 Å². The van der Waals surface area contributed by atoms with Crippen molar-refractivity contribution >= 4 is 5.97 Å². The van der Waals surface area contributed by atoms with Gasteiger partial charge in [0, 0.05) is 12.5 Å². The summed E-state index contributed by atoms with van der Waals surface area (Å²) >= 11 is 0. The number of alkyl halides is 2. The maximum Gasteiger partial charge on any atom is 0.303 e. The lowest BCUT2D eigenvalue weighted by Gasteiger charge is -2.28. The summed E-state index contributed by atoms with van der Waals surface area (Å²) in [5.74, 6) is -9.81. The van der Waals surface area contributed by atoms with E-state index in [9.17, 15) is 26.7 Å². The molecule has 0 fully saturated rings. The highest BCUT2D eigenvalue weighted by Gasteiger charge is 2.41. The summed E-state index contributed by atoms with van der Waals surface area (Å²) in [6.07, 6.45) is -1.57. The van der Waals surface area contributed by atoms with Crippen molar-refractivity contribution in [2.24, 2.45) is 5.41 Å². The molecule has 0 aliphatic carbocycles. The third-order valence-electron chi connectivity index (χ3n) is 2.73. The number of aliphatic carboxylic acids is 1. The van der Waals surface area contributed by atoms with E-state index in [1.807, 2.05) is 0 Å². The molecule has 1 N–H and O–H groups in total. The molecule has 0 atom stereocenters. The molecular weight excluding hydrogens is 283 g/mol. The average molecular weight is 296 g/mol. The van der Waals surface area contributed by atoms with E-state index >= 15 is 0 Å². The number of hydrogen-bond acceptors (Lipinski definition) is 1. The molecule has 20 heavy (non-hydrogen) atoms. The molecule has 7 heteroatoms. The van der Waals surface area contributed by atoms with Gasteiger partial charge in [0.15, 0.2) is 11.6 Å². The highest BCUT2D eigenvalue weighted by molar-refractivity contribution is 5.67. The summed E-state index contributed by atoms with van der Waals surface area (Å²) in [5.41, 5.74) is -2.62. The quantitative estimate of drug-likeness (QED) is 0.656. The minimum absolute atomic E-state index is 0.0444. The summed E-state index contributed by atoms with van der Waals surface area (Å²) in [6.45, 7) is 2.54. The molecule has 0 spiro atoms. The van der Waals surface area contributed by atoms with Gasteiger partial charge >= 0.3 is 5.97 Å². The number of hydrogen-bond donors (Lipinski definition) is 1. The van der Waals surface area contributed by atoms with Gasteiger partial charge in [-0.3, -0.25) is 4.79 Å². The summed E-state index contributed by atoms with van der Waals surface area (Å²) in [4.78, 5) is 10.6. The molecule has 2 nitrogen and oxygen atoms in total. The molecule has 0 bridgehead atoms. The fourth-order valence-corrected chi connectivity index (χ4v) is 1.97. The lowest BCUT2D eigenvalue weighted by Crippen LogP contribution is -2.27. The minimum Gasteiger partial charge on any atom is -0.481 e. The number of carboxylic acids is 1. The molecule has 0 unspecified atom stereocenters. The van der Waals surface area contributed by atoms with Crippen LogP contribution in [0.3, 0.4) is 0 Å². The molecule has 0 heterocycles. The standard InChI is InChI=1S/C13H13F5O2/c1-12(2,5-11(19)20)6-13(17,18)7-3-9(15)10(16)4-8(7)14/h3-4H,5-6H2,1-2H3,(H,19,20). The van der Waals surface area contributed by atoms with Gasteiger partial charge < -0.3 is 5.11 Å². The smallest absolute Gasteiger partial charge is 0.303 e. The Bertz CT molecular complexity index is 526. The van der Waals surface area contributed by atoms with Gasteiger partial charge in [0.05, 0.1) is 12.0 Å². The van der Waals surface area contributed by atoms with E-state index in [-0.39, 0.29) is 12.1 Å². The average Bonchev–Trinajstić information content (AvgIpc) is 2.19. The maximum absolute atomic E-state index is 14.0. The van der Waals surface area contributed by atoms with E-state index in [1.54, 1.807) is 0 Å². The Morgan fingerprint density at radius 2 is 1.60 bits per heavy atom. The third-order valence-corrected chi connectivity index (χ3v) is 2.73. The first-order chi connectivity index (χ1) is 8.94. The van der Waals surface area contributed by atoms with E-state index in [2.05, 4.69) is 0 Å². The highest BCUT2D eigenvalue weighted by atomic mass is 19.3. The first kappa shape index (κ1) is 16.4. The molecule has 1 rings (SSSR count).